The fraction of sp³-hybridized carbons (Fsp3) is 0.565. The average molecular weight is 433 g/mol. The standard InChI is InChI=1S/C23H33ClN4O2/c1-15(2)12-27-10-11-28-18(13-27)20(22(30)25-19(14-29)23(3,4)5)26-21(28)16-6-8-17(24)9-7-16/h6-9,15,19,29H,10-14H2,1-5H3,(H,25,30)/t19-/m1/s1. The highest BCUT2D eigenvalue weighted by Gasteiger charge is 2.31. The Kier molecular flexibility index (Phi) is 6.90. The third kappa shape index (κ3) is 5.05. The van der Waals surface area contributed by atoms with E-state index in [4.69, 9.17) is 16.6 Å². The molecule has 0 aliphatic carbocycles. The molecular weight excluding hydrogens is 400 g/mol. The second-order valence-electron chi connectivity index (χ2n) is 9.59. The zero-order chi connectivity index (χ0) is 22.1. The highest BCUT2D eigenvalue weighted by atomic mass is 35.5. The van der Waals surface area contributed by atoms with Gasteiger partial charge in [0.15, 0.2) is 5.69 Å². The van der Waals surface area contributed by atoms with Gasteiger partial charge in [-0.2, -0.15) is 0 Å². The molecule has 2 N–H and O–H groups in total. The molecule has 6 nitrogen and oxygen atoms in total. The number of nitrogens with zero attached hydrogens (tertiary/aromatic N) is 3. The van der Waals surface area contributed by atoms with Crippen molar-refractivity contribution >= 4 is 17.5 Å². The van der Waals surface area contributed by atoms with Crippen LogP contribution < -0.4 is 5.32 Å². The SMILES string of the molecule is CC(C)CN1CCn2c(-c3ccc(Cl)cc3)nc(C(=O)N[C@H](CO)C(C)(C)C)c2C1. The Labute approximate surface area is 184 Å². The summed E-state index contributed by atoms with van der Waals surface area (Å²) >= 11 is 6.06. The van der Waals surface area contributed by atoms with Crippen LogP contribution in [0.3, 0.4) is 0 Å². The molecule has 3 rings (SSSR count). The quantitative estimate of drug-likeness (QED) is 0.728. The summed E-state index contributed by atoms with van der Waals surface area (Å²) in [5, 5.41) is 13.5. The van der Waals surface area contributed by atoms with Crippen molar-refractivity contribution in [3.8, 4) is 11.4 Å². The molecule has 1 amide bonds. The summed E-state index contributed by atoms with van der Waals surface area (Å²) in [6.45, 7) is 13.6. The number of aromatic nitrogens is 2. The number of aliphatic hydroxyl groups excluding tert-OH is 1. The van der Waals surface area contributed by atoms with Gasteiger partial charge in [-0.05, 0) is 35.6 Å². The largest absolute Gasteiger partial charge is 0.394 e. The number of hydrogen-bond acceptors (Lipinski definition) is 4. The molecule has 0 bridgehead atoms. The minimum absolute atomic E-state index is 0.116. The highest BCUT2D eigenvalue weighted by Crippen LogP contribution is 2.28. The molecule has 1 aromatic carbocycles. The van der Waals surface area contributed by atoms with Gasteiger partial charge in [0.1, 0.15) is 5.82 Å². The number of halogens is 1. The summed E-state index contributed by atoms with van der Waals surface area (Å²) < 4.78 is 2.15. The summed E-state index contributed by atoms with van der Waals surface area (Å²) in [6.07, 6.45) is 0. The van der Waals surface area contributed by atoms with E-state index in [9.17, 15) is 9.90 Å². The first-order valence-corrected chi connectivity index (χ1v) is 11.0. The Balaban J connectivity index is 1.99. The Morgan fingerprint density at radius 2 is 1.90 bits per heavy atom. The molecule has 1 atom stereocenters. The van der Waals surface area contributed by atoms with E-state index in [1.165, 1.54) is 0 Å². The first-order valence-electron chi connectivity index (χ1n) is 10.6. The van der Waals surface area contributed by atoms with Gasteiger partial charge < -0.3 is 15.0 Å². The van der Waals surface area contributed by atoms with Gasteiger partial charge >= 0.3 is 0 Å². The van der Waals surface area contributed by atoms with Crippen LogP contribution in [0.1, 0.15) is 50.8 Å². The number of rotatable bonds is 6. The van der Waals surface area contributed by atoms with Crippen molar-refractivity contribution in [3.05, 3.63) is 40.7 Å². The third-order valence-corrected chi connectivity index (χ3v) is 5.81. The van der Waals surface area contributed by atoms with E-state index in [1.54, 1.807) is 0 Å². The molecule has 2 heterocycles. The Hall–Kier alpha value is -1.89. The van der Waals surface area contributed by atoms with Crippen molar-refractivity contribution in [3.63, 3.8) is 0 Å². The van der Waals surface area contributed by atoms with Crippen LogP contribution in [-0.2, 0) is 13.1 Å². The maximum atomic E-state index is 13.2. The molecule has 1 aliphatic rings. The maximum Gasteiger partial charge on any atom is 0.272 e. The van der Waals surface area contributed by atoms with Crippen LogP contribution in [0.25, 0.3) is 11.4 Å². The van der Waals surface area contributed by atoms with E-state index in [1.807, 2.05) is 45.0 Å². The smallest absolute Gasteiger partial charge is 0.272 e. The third-order valence-electron chi connectivity index (χ3n) is 5.56. The summed E-state index contributed by atoms with van der Waals surface area (Å²) in [5.41, 5.74) is 2.05. The van der Waals surface area contributed by atoms with Gasteiger partial charge in [-0.3, -0.25) is 9.69 Å². The van der Waals surface area contributed by atoms with Crippen LogP contribution in [0.15, 0.2) is 24.3 Å². The maximum absolute atomic E-state index is 13.2. The molecule has 0 unspecified atom stereocenters. The number of hydrogen-bond donors (Lipinski definition) is 2. The minimum Gasteiger partial charge on any atom is -0.394 e. The fourth-order valence-corrected chi connectivity index (χ4v) is 3.98. The van der Waals surface area contributed by atoms with Crippen LogP contribution in [-0.4, -0.2) is 51.2 Å². The lowest BCUT2D eigenvalue weighted by molar-refractivity contribution is 0.0839. The zero-order valence-corrected chi connectivity index (χ0v) is 19.3. The number of fused-ring (bicyclic) bond motifs is 1. The summed E-state index contributed by atoms with van der Waals surface area (Å²) in [5.74, 6) is 1.10. The molecule has 2 aromatic rings. The molecule has 1 aliphatic heterocycles. The van der Waals surface area contributed by atoms with Gasteiger partial charge in [0.05, 0.1) is 18.3 Å². The van der Waals surface area contributed by atoms with E-state index in [-0.39, 0.29) is 24.0 Å². The van der Waals surface area contributed by atoms with Crippen molar-refractivity contribution in [2.45, 2.75) is 53.8 Å². The van der Waals surface area contributed by atoms with E-state index in [0.717, 1.165) is 36.7 Å². The van der Waals surface area contributed by atoms with Gasteiger partial charge in [-0.1, -0.05) is 46.2 Å². The number of carbonyl (C=O) groups excluding carboxylic acids is 1. The predicted molar refractivity (Wildman–Crippen MR) is 121 cm³/mol. The van der Waals surface area contributed by atoms with Crippen molar-refractivity contribution in [1.82, 2.24) is 19.8 Å². The van der Waals surface area contributed by atoms with Crippen LogP contribution in [0.4, 0.5) is 0 Å². The second-order valence-corrected chi connectivity index (χ2v) is 10.0. The summed E-state index contributed by atoms with van der Waals surface area (Å²) in [4.78, 5) is 20.4. The van der Waals surface area contributed by atoms with Crippen molar-refractivity contribution in [2.75, 3.05) is 19.7 Å². The molecule has 7 heteroatoms. The van der Waals surface area contributed by atoms with E-state index >= 15 is 0 Å². The molecule has 0 saturated heterocycles. The number of amides is 1. The minimum atomic E-state index is -0.350. The van der Waals surface area contributed by atoms with Gasteiger partial charge in [-0.25, -0.2) is 4.98 Å². The van der Waals surface area contributed by atoms with Gasteiger partial charge in [0, 0.05) is 36.8 Å². The fourth-order valence-electron chi connectivity index (χ4n) is 3.86. The zero-order valence-electron chi connectivity index (χ0n) is 18.6. The Bertz CT molecular complexity index is 884. The van der Waals surface area contributed by atoms with Gasteiger partial charge in [0.25, 0.3) is 5.91 Å². The topological polar surface area (TPSA) is 70.4 Å². The van der Waals surface area contributed by atoms with E-state index in [0.29, 0.717) is 23.2 Å². The lowest BCUT2D eigenvalue weighted by Gasteiger charge is -2.31. The number of benzene rings is 1. The highest BCUT2D eigenvalue weighted by molar-refractivity contribution is 6.30. The molecule has 0 fully saturated rings. The number of aliphatic hydroxyl groups is 1. The molecule has 0 spiro atoms. The molecular formula is C23H33ClN4O2. The number of carbonyl (C=O) groups is 1. The van der Waals surface area contributed by atoms with E-state index < -0.39 is 0 Å². The van der Waals surface area contributed by atoms with Crippen LogP contribution in [0.2, 0.25) is 5.02 Å². The normalized spacial score (nSPS) is 15.9. The predicted octanol–water partition coefficient (Wildman–Crippen LogP) is 3.81. The van der Waals surface area contributed by atoms with Crippen molar-refractivity contribution in [1.29, 1.82) is 0 Å². The number of imidazole rings is 1. The molecule has 0 radical (unpaired) electrons. The van der Waals surface area contributed by atoms with Gasteiger partial charge in [0.2, 0.25) is 0 Å². The first kappa shape index (κ1) is 22.8. The number of nitrogens with one attached hydrogen (secondary N) is 1. The van der Waals surface area contributed by atoms with Crippen molar-refractivity contribution < 1.29 is 9.90 Å². The lowest BCUT2D eigenvalue weighted by atomic mass is 9.87. The van der Waals surface area contributed by atoms with E-state index in [2.05, 4.69) is 28.6 Å². The summed E-state index contributed by atoms with van der Waals surface area (Å²) in [7, 11) is 0. The lowest BCUT2D eigenvalue weighted by Crippen LogP contribution is -2.46. The Morgan fingerprint density at radius 3 is 2.47 bits per heavy atom. The molecule has 0 saturated carbocycles. The second kappa shape index (κ2) is 9.08. The molecule has 30 heavy (non-hydrogen) atoms. The van der Waals surface area contributed by atoms with Gasteiger partial charge in [-0.15, -0.1) is 0 Å². The van der Waals surface area contributed by atoms with Crippen LogP contribution in [0, 0.1) is 11.3 Å². The summed E-state index contributed by atoms with van der Waals surface area (Å²) in [6, 6.07) is 7.20. The van der Waals surface area contributed by atoms with Crippen molar-refractivity contribution in [2.24, 2.45) is 11.3 Å². The van der Waals surface area contributed by atoms with Crippen LogP contribution in [0.5, 0.6) is 0 Å². The van der Waals surface area contributed by atoms with Crippen LogP contribution >= 0.6 is 11.6 Å². The molecule has 164 valence electrons. The first-order chi connectivity index (χ1) is 14.1. The Morgan fingerprint density at radius 1 is 1.23 bits per heavy atom. The molecule has 1 aromatic heterocycles. The monoisotopic (exact) mass is 432 g/mol. The average Bonchev–Trinajstić information content (AvgIpc) is 3.04.